The largest absolute Gasteiger partial charge is 0.530 e. The third-order valence-electron chi connectivity index (χ3n) is 5.19. The minimum atomic E-state index is -4.39. The Morgan fingerprint density at radius 2 is 2.12 bits per heavy atom. The van der Waals surface area contributed by atoms with Crippen molar-refractivity contribution in [1.29, 1.82) is 0 Å². The van der Waals surface area contributed by atoms with E-state index in [1.165, 1.54) is 0 Å². The first kappa shape index (κ1) is 22.4. The van der Waals surface area contributed by atoms with E-state index in [1.807, 2.05) is 6.92 Å². The molecule has 12 nitrogen and oxygen atoms in total. The molecule has 1 saturated heterocycles. The van der Waals surface area contributed by atoms with E-state index in [9.17, 15) is 29.5 Å². The number of fused-ring (bicyclic) bond motifs is 1. The molecule has 5 atom stereocenters. The highest BCUT2D eigenvalue weighted by Crippen LogP contribution is 2.56. The molecule has 0 bridgehead atoms. The molecule has 1 unspecified atom stereocenters. The van der Waals surface area contributed by atoms with Crippen molar-refractivity contribution in [3.8, 4) is 5.75 Å². The van der Waals surface area contributed by atoms with Gasteiger partial charge in [0.15, 0.2) is 6.20 Å². The van der Waals surface area contributed by atoms with Crippen LogP contribution >= 0.6 is 7.82 Å². The summed E-state index contributed by atoms with van der Waals surface area (Å²) < 4.78 is 57.5. The van der Waals surface area contributed by atoms with E-state index in [2.05, 4.69) is 0 Å². The molecule has 1 aromatic carbocycles. The van der Waals surface area contributed by atoms with Crippen LogP contribution in [-0.2, 0) is 31.6 Å². The fourth-order valence-corrected chi connectivity index (χ4v) is 4.85. The van der Waals surface area contributed by atoms with Crippen molar-refractivity contribution in [2.75, 3.05) is 6.61 Å². The van der Waals surface area contributed by atoms with Gasteiger partial charge in [0.1, 0.15) is 24.6 Å². The molecule has 0 saturated carbocycles. The number of aryl methyl sites for hydroxylation is 2. The van der Waals surface area contributed by atoms with Gasteiger partial charge in [0.05, 0.1) is 20.1 Å². The van der Waals surface area contributed by atoms with Gasteiger partial charge < -0.3 is 24.6 Å². The summed E-state index contributed by atoms with van der Waals surface area (Å²) in [5.74, 6) is -3.12. The van der Waals surface area contributed by atoms with Gasteiger partial charge in [-0.1, -0.05) is 17.7 Å². The molecule has 4 N–H and O–H groups in total. The zero-order chi connectivity index (χ0) is 25.1. The van der Waals surface area contributed by atoms with E-state index in [0.29, 0.717) is 21.9 Å². The molecule has 33 heavy (non-hydrogen) atoms. The topological polar surface area (TPSA) is 170 Å². The number of hydrogen-bond acceptors (Lipinski definition) is 10. The zero-order valence-electron chi connectivity index (χ0n) is 18.5. The first-order chi connectivity index (χ1) is 15.8. The molecule has 3 heterocycles. The number of benzene rings is 1. The highest BCUT2D eigenvalue weighted by molar-refractivity contribution is 7.49. The van der Waals surface area contributed by atoms with Crippen LogP contribution in [0.2, 0.25) is 0 Å². The summed E-state index contributed by atoms with van der Waals surface area (Å²) in [5.41, 5.74) is -0.492. The molecule has 1 fully saturated rings. The maximum absolute atomic E-state index is 15.5. The second kappa shape index (κ2) is 8.44. The summed E-state index contributed by atoms with van der Waals surface area (Å²) in [6.45, 7) is 1.23. The molecule has 2 aromatic rings. The summed E-state index contributed by atoms with van der Waals surface area (Å²) >= 11 is 0. The number of alkyl halides is 1. The second-order valence-corrected chi connectivity index (χ2v) is 9.31. The molecule has 0 spiro atoms. The quantitative estimate of drug-likeness (QED) is 0.428. The van der Waals surface area contributed by atoms with Crippen LogP contribution in [0.15, 0.2) is 27.9 Å². The van der Waals surface area contributed by atoms with E-state index in [1.54, 1.807) is 24.0 Å². The van der Waals surface area contributed by atoms with Crippen molar-refractivity contribution in [2.24, 2.45) is 0 Å². The van der Waals surface area contributed by atoms with Gasteiger partial charge in [-0.3, -0.25) is 23.4 Å². The minimum Gasteiger partial charge on any atom is -0.403 e. The Labute approximate surface area is 187 Å². The van der Waals surface area contributed by atoms with Gasteiger partial charge in [-0.15, -0.1) is 0 Å². The third-order valence-corrected chi connectivity index (χ3v) is 6.49. The maximum Gasteiger partial charge on any atom is 0.530 e. The number of nitrogens with zero attached hydrogens (tertiary/aromatic N) is 1. The number of phosphoric ester groups is 1. The second-order valence-electron chi connectivity index (χ2n) is 7.71. The predicted octanol–water partition coefficient (Wildman–Crippen LogP) is 0.296. The summed E-state index contributed by atoms with van der Waals surface area (Å²) in [5, 5.41) is 29.9. The average molecular weight is 489 g/mol. The van der Waals surface area contributed by atoms with E-state index in [-0.39, 0.29) is 17.9 Å². The van der Waals surface area contributed by atoms with Crippen LogP contribution in [0.25, 0.3) is 0 Å². The van der Waals surface area contributed by atoms with Crippen LogP contribution in [0.3, 0.4) is 0 Å². The predicted molar refractivity (Wildman–Crippen MR) is 108 cm³/mol. The van der Waals surface area contributed by atoms with Gasteiger partial charge in [0, 0.05) is 11.8 Å². The highest BCUT2D eigenvalue weighted by Gasteiger charge is 2.57. The number of phosphoric acid groups is 1. The van der Waals surface area contributed by atoms with Crippen molar-refractivity contribution in [3.05, 3.63) is 61.4 Å². The van der Waals surface area contributed by atoms with E-state index in [0.717, 1.165) is 5.56 Å². The molecule has 2 aliphatic heterocycles. The molecular weight excluding hydrogens is 466 g/mol. The lowest BCUT2D eigenvalue weighted by Crippen LogP contribution is -2.43. The summed E-state index contributed by atoms with van der Waals surface area (Å²) in [6.07, 6.45) is -7.11. The Kier molecular flexibility index (Phi) is 5.73. The number of nitrogens with one attached hydrogen (secondary N) is 1. The van der Waals surface area contributed by atoms with Crippen LogP contribution in [-0.4, -0.2) is 49.5 Å². The Morgan fingerprint density at radius 1 is 1.39 bits per heavy atom. The third kappa shape index (κ3) is 4.28. The maximum atomic E-state index is 15.5. The van der Waals surface area contributed by atoms with Crippen molar-refractivity contribution >= 4 is 7.82 Å². The average Bonchev–Trinajstić information content (AvgIpc) is 2.94. The lowest BCUT2D eigenvalue weighted by molar-refractivity contribution is -0.205. The van der Waals surface area contributed by atoms with Gasteiger partial charge >= 0.3 is 13.5 Å². The summed E-state index contributed by atoms with van der Waals surface area (Å²) in [7, 11) is -4.39. The zero-order valence-corrected chi connectivity index (χ0v) is 18.4. The normalized spacial score (nSPS) is 33.9. The molecule has 14 heteroatoms. The number of H-pyrrole nitrogens is 1. The Balaban J connectivity index is 1.58. The molecule has 2 aliphatic rings. The fraction of sp³-hybridized carbons (Fsp3) is 0.474. The lowest BCUT2D eigenvalue weighted by atomic mass is 10.1. The van der Waals surface area contributed by atoms with Crippen molar-refractivity contribution in [1.82, 2.24) is 9.55 Å². The van der Waals surface area contributed by atoms with Gasteiger partial charge in [-0.05, 0) is 19.4 Å². The number of aliphatic hydroxyl groups is 3. The van der Waals surface area contributed by atoms with Gasteiger partial charge in [-0.2, -0.15) is 0 Å². The van der Waals surface area contributed by atoms with Gasteiger partial charge in [0.2, 0.25) is 0 Å². The number of rotatable bonds is 5. The molecule has 180 valence electrons. The molecule has 0 radical (unpaired) electrons. The monoisotopic (exact) mass is 489 g/mol. The summed E-state index contributed by atoms with van der Waals surface area (Å²) in [6, 6.07) is 3.52. The Morgan fingerprint density at radius 3 is 2.82 bits per heavy atom. The number of hydrogen-bond donors (Lipinski definition) is 4. The van der Waals surface area contributed by atoms with Crippen LogP contribution in [0, 0.1) is 13.8 Å². The molecule has 1 aromatic heterocycles. The van der Waals surface area contributed by atoms with Crippen LogP contribution in [0.4, 0.5) is 4.39 Å². The number of aromatic amines is 1. The SMILES string of the molecule is [2H][C@@]1(n2cc(CO)c(=O)[nH]c2=O)O[C@](F)(COP2(=O)OCc3cc(C)cc(C)c3O2)[C@@H](O)[C@H]1O. The number of halogens is 1. The van der Waals surface area contributed by atoms with Crippen molar-refractivity contribution < 1.29 is 44.0 Å². The van der Waals surface area contributed by atoms with Crippen molar-refractivity contribution in [3.63, 3.8) is 0 Å². The Bertz CT molecular complexity index is 1300. The molecular formula is C19H22FN2O10P. The number of ether oxygens (including phenoxy) is 1. The molecule has 0 aliphatic carbocycles. The van der Waals surface area contributed by atoms with Crippen LogP contribution < -0.4 is 15.8 Å². The standard InChI is InChI=1S/C19H22FN2O10P/c1-9-3-10(2)14-11(4-9)7-29-33(28,32-14)30-8-19(20)15(25)13(24)17(31-19)22-5-12(6-23)16(26)21-18(22)27/h3-5,13,15,17,23-25H,6-8H2,1-2H3,(H,21,26,27)/t13-,15+,17-,19-,33?/m1/s1/i17D. The minimum absolute atomic E-state index is 0.167. The first-order valence-electron chi connectivity index (χ1n) is 10.2. The fourth-order valence-electron chi connectivity index (χ4n) is 3.56. The first-order valence-corrected chi connectivity index (χ1v) is 11.2. The Hall–Kier alpha value is -2.38. The van der Waals surface area contributed by atoms with E-state index in [4.69, 9.17) is 19.7 Å². The molecule has 4 rings (SSSR count). The van der Waals surface area contributed by atoms with Gasteiger partial charge in [0.25, 0.3) is 11.4 Å². The lowest BCUT2D eigenvalue weighted by Gasteiger charge is -2.29. The summed E-state index contributed by atoms with van der Waals surface area (Å²) in [4.78, 5) is 25.6. The van der Waals surface area contributed by atoms with Crippen molar-refractivity contribution in [2.45, 2.75) is 51.3 Å². The van der Waals surface area contributed by atoms with Gasteiger partial charge in [-0.25, -0.2) is 13.8 Å². The van der Waals surface area contributed by atoms with E-state index >= 15 is 4.39 Å². The van der Waals surface area contributed by atoms with Crippen LogP contribution in [0.1, 0.15) is 29.8 Å². The van der Waals surface area contributed by atoms with E-state index < -0.39 is 56.6 Å². The van der Waals surface area contributed by atoms with Crippen LogP contribution in [0.5, 0.6) is 5.75 Å². The highest BCUT2D eigenvalue weighted by atomic mass is 31.2. The smallest absolute Gasteiger partial charge is 0.403 e. The number of aliphatic hydroxyl groups excluding tert-OH is 3. The number of aromatic nitrogens is 2. The molecule has 0 amide bonds.